The number of piperidine rings is 1. The molecule has 1 aromatic rings. The molecule has 0 aromatic carbocycles. The number of halogens is 2. The molecule has 1 aliphatic rings. The minimum Gasteiger partial charge on any atom is -0.316 e. The van der Waals surface area contributed by atoms with Gasteiger partial charge in [-0.3, -0.25) is 4.79 Å². The lowest BCUT2D eigenvalue weighted by Gasteiger charge is -2.21. The van der Waals surface area contributed by atoms with Gasteiger partial charge in [0.05, 0.1) is 5.92 Å². The zero-order valence-corrected chi connectivity index (χ0v) is 11.9. The molecule has 2 rings (SSSR count). The summed E-state index contributed by atoms with van der Waals surface area (Å²) < 4.78 is 0. The van der Waals surface area contributed by atoms with Crippen LogP contribution in [0.25, 0.3) is 0 Å². The number of aromatic nitrogens is 1. The van der Waals surface area contributed by atoms with E-state index in [0.717, 1.165) is 31.6 Å². The molecule has 1 amide bonds. The zero-order chi connectivity index (χ0) is 11.4. The van der Waals surface area contributed by atoms with Crippen LogP contribution in [0.1, 0.15) is 18.5 Å². The molecule has 0 saturated carbocycles. The van der Waals surface area contributed by atoms with Crippen molar-refractivity contribution in [2.75, 3.05) is 18.4 Å². The molecule has 0 bridgehead atoms. The average Bonchev–Trinajstić information content (AvgIpc) is 2.30. The van der Waals surface area contributed by atoms with Gasteiger partial charge in [-0.1, -0.05) is 6.07 Å². The van der Waals surface area contributed by atoms with Gasteiger partial charge in [-0.05, 0) is 38.4 Å². The van der Waals surface area contributed by atoms with E-state index in [1.807, 2.05) is 25.1 Å². The lowest BCUT2D eigenvalue weighted by atomic mass is 9.99. The van der Waals surface area contributed by atoms with Crippen LogP contribution in [0.3, 0.4) is 0 Å². The van der Waals surface area contributed by atoms with E-state index in [4.69, 9.17) is 0 Å². The molecule has 102 valence electrons. The van der Waals surface area contributed by atoms with Crippen molar-refractivity contribution in [2.45, 2.75) is 19.8 Å². The Hall–Kier alpha value is -0.840. The Kier molecular flexibility index (Phi) is 7.91. The fourth-order valence-electron chi connectivity index (χ4n) is 1.92. The Morgan fingerprint density at radius 1 is 1.44 bits per heavy atom. The number of pyridine rings is 1. The molecule has 1 fully saturated rings. The number of hydrogen-bond acceptors (Lipinski definition) is 3. The van der Waals surface area contributed by atoms with Gasteiger partial charge in [0.2, 0.25) is 5.91 Å². The minimum atomic E-state index is 0. The predicted octanol–water partition coefficient (Wildman–Crippen LogP) is 2.17. The number of nitrogens with zero attached hydrogens (tertiary/aromatic N) is 1. The number of aryl methyl sites for hydroxylation is 1. The second kappa shape index (κ2) is 8.29. The van der Waals surface area contributed by atoms with Crippen molar-refractivity contribution in [3.63, 3.8) is 0 Å². The molecule has 18 heavy (non-hydrogen) atoms. The van der Waals surface area contributed by atoms with Crippen LogP contribution in [0, 0.1) is 12.8 Å². The summed E-state index contributed by atoms with van der Waals surface area (Å²) in [4.78, 5) is 16.1. The number of carbonyl (C=O) groups is 1. The van der Waals surface area contributed by atoms with Gasteiger partial charge in [0.25, 0.3) is 0 Å². The molecule has 1 aromatic heterocycles. The van der Waals surface area contributed by atoms with Crippen molar-refractivity contribution in [3.05, 3.63) is 23.9 Å². The summed E-state index contributed by atoms with van der Waals surface area (Å²) in [5, 5.41) is 6.09. The van der Waals surface area contributed by atoms with Gasteiger partial charge in [-0.25, -0.2) is 4.98 Å². The number of rotatable bonds is 2. The SMILES string of the molecule is Cc1cccc(NC(=O)[C@@H]2CCCNC2)n1.Cl.Cl. The van der Waals surface area contributed by atoms with E-state index in [9.17, 15) is 4.79 Å². The largest absolute Gasteiger partial charge is 0.316 e. The van der Waals surface area contributed by atoms with Crippen LogP contribution in [0.4, 0.5) is 5.82 Å². The Bertz CT molecular complexity index is 381. The number of nitrogens with one attached hydrogen (secondary N) is 2. The average molecular weight is 292 g/mol. The zero-order valence-electron chi connectivity index (χ0n) is 10.3. The minimum absolute atomic E-state index is 0. The number of hydrogen-bond donors (Lipinski definition) is 2. The lowest BCUT2D eigenvalue weighted by molar-refractivity contribution is -0.120. The molecule has 1 saturated heterocycles. The molecule has 6 heteroatoms. The van der Waals surface area contributed by atoms with E-state index in [2.05, 4.69) is 15.6 Å². The second-order valence-electron chi connectivity index (χ2n) is 4.20. The van der Waals surface area contributed by atoms with Crippen molar-refractivity contribution < 1.29 is 4.79 Å². The normalized spacial score (nSPS) is 18.2. The van der Waals surface area contributed by atoms with Gasteiger partial charge in [0, 0.05) is 12.2 Å². The number of amides is 1. The Morgan fingerprint density at radius 3 is 2.83 bits per heavy atom. The fraction of sp³-hybridized carbons (Fsp3) is 0.500. The summed E-state index contributed by atoms with van der Waals surface area (Å²) in [6, 6.07) is 5.63. The van der Waals surface area contributed by atoms with Crippen LogP contribution in [0.5, 0.6) is 0 Å². The van der Waals surface area contributed by atoms with Gasteiger partial charge >= 0.3 is 0 Å². The fourth-order valence-corrected chi connectivity index (χ4v) is 1.92. The van der Waals surface area contributed by atoms with Crippen LogP contribution in [0.15, 0.2) is 18.2 Å². The third-order valence-corrected chi connectivity index (χ3v) is 2.81. The van der Waals surface area contributed by atoms with Crippen molar-refractivity contribution >= 4 is 36.5 Å². The quantitative estimate of drug-likeness (QED) is 0.878. The highest BCUT2D eigenvalue weighted by Crippen LogP contribution is 2.13. The molecule has 2 heterocycles. The molecule has 1 atom stereocenters. The summed E-state index contributed by atoms with van der Waals surface area (Å²) in [7, 11) is 0. The molecule has 0 spiro atoms. The molecule has 0 aliphatic carbocycles. The molecule has 0 radical (unpaired) electrons. The first-order chi connectivity index (χ1) is 7.75. The molecule has 0 unspecified atom stereocenters. The first kappa shape index (κ1) is 17.2. The summed E-state index contributed by atoms with van der Waals surface area (Å²) in [6.45, 7) is 3.71. The van der Waals surface area contributed by atoms with Crippen LogP contribution in [-0.4, -0.2) is 24.0 Å². The topological polar surface area (TPSA) is 54.0 Å². The van der Waals surface area contributed by atoms with Gasteiger partial charge in [-0.15, -0.1) is 24.8 Å². The van der Waals surface area contributed by atoms with E-state index in [-0.39, 0.29) is 36.6 Å². The molecule has 4 nitrogen and oxygen atoms in total. The smallest absolute Gasteiger partial charge is 0.229 e. The predicted molar refractivity (Wildman–Crippen MR) is 77.7 cm³/mol. The maximum Gasteiger partial charge on any atom is 0.229 e. The monoisotopic (exact) mass is 291 g/mol. The highest BCUT2D eigenvalue weighted by Gasteiger charge is 2.20. The molecule has 2 N–H and O–H groups in total. The van der Waals surface area contributed by atoms with E-state index >= 15 is 0 Å². The summed E-state index contributed by atoms with van der Waals surface area (Å²) >= 11 is 0. The molecule has 1 aliphatic heterocycles. The summed E-state index contributed by atoms with van der Waals surface area (Å²) in [6.07, 6.45) is 2.03. The van der Waals surface area contributed by atoms with Crippen LogP contribution >= 0.6 is 24.8 Å². The van der Waals surface area contributed by atoms with E-state index < -0.39 is 0 Å². The number of anilines is 1. The van der Waals surface area contributed by atoms with Crippen molar-refractivity contribution in [2.24, 2.45) is 5.92 Å². The maximum atomic E-state index is 11.9. The Morgan fingerprint density at radius 2 is 2.22 bits per heavy atom. The van der Waals surface area contributed by atoms with Crippen molar-refractivity contribution in [1.82, 2.24) is 10.3 Å². The van der Waals surface area contributed by atoms with Gasteiger partial charge in [0.1, 0.15) is 5.82 Å². The second-order valence-corrected chi connectivity index (χ2v) is 4.20. The highest BCUT2D eigenvalue weighted by atomic mass is 35.5. The van der Waals surface area contributed by atoms with Gasteiger partial charge in [0.15, 0.2) is 0 Å². The van der Waals surface area contributed by atoms with Gasteiger partial charge < -0.3 is 10.6 Å². The summed E-state index contributed by atoms with van der Waals surface area (Å²) in [5.41, 5.74) is 0.916. The Labute approximate surface area is 120 Å². The standard InChI is InChI=1S/C12H17N3O.2ClH/c1-9-4-2-6-11(14-9)15-12(16)10-5-3-7-13-8-10;;/h2,4,6,10,13H,3,5,7-8H2,1H3,(H,14,15,16);2*1H/t10-;;/m1../s1. The van der Waals surface area contributed by atoms with Crippen LogP contribution in [-0.2, 0) is 4.79 Å². The lowest BCUT2D eigenvalue weighted by Crippen LogP contribution is -2.37. The first-order valence-corrected chi connectivity index (χ1v) is 5.71. The van der Waals surface area contributed by atoms with E-state index in [0.29, 0.717) is 5.82 Å². The highest BCUT2D eigenvalue weighted by molar-refractivity contribution is 5.91. The van der Waals surface area contributed by atoms with Crippen molar-refractivity contribution in [3.8, 4) is 0 Å². The Balaban J connectivity index is 0.00000144. The van der Waals surface area contributed by atoms with E-state index in [1.54, 1.807) is 0 Å². The third-order valence-electron chi connectivity index (χ3n) is 2.81. The summed E-state index contributed by atoms with van der Waals surface area (Å²) in [5.74, 6) is 0.803. The van der Waals surface area contributed by atoms with Gasteiger partial charge in [-0.2, -0.15) is 0 Å². The number of carbonyl (C=O) groups excluding carboxylic acids is 1. The van der Waals surface area contributed by atoms with Crippen LogP contribution in [0.2, 0.25) is 0 Å². The van der Waals surface area contributed by atoms with E-state index in [1.165, 1.54) is 0 Å². The van der Waals surface area contributed by atoms with Crippen molar-refractivity contribution in [1.29, 1.82) is 0 Å². The molecular weight excluding hydrogens is 273 g/mol. The molecular formula is C12H19Cl2N3O. The first-order valence-electron chi connectivity index (χ1n) is 5.71. The van der Waals surface area contributed by atoms with Crippen LogP contribution < -0.4 is 10.6 Å². The maximum absolute atomic E-state index is 11.9. The third kappa shape index (κ3) is 4.80.